The first-order valence-corrected chi connectivity index (χ1v) is 19.7. The molecule has 10 rings (SSSR count). The molecule has 8 aromatic carbocycles. The number of rotatable bonds is 3. The summed E-state index contributed by atoms with van der Waals surface area (Å²) in [6.07, 6.45) is 0. The lowest BCUT2D eigenvalue weighted by molar-refractivity contribution is 0.569. The molecule has 0 aliphatic heterocycles. The molecular formula is C53H47NO. The second-order valence-corrected chi connectivity index (χ2v) is 18.2. The van der Waals surface area contributed by atoms with Crippen LogP contribution in [0.3, 0.4) is 0 Å². The van der Waals surface area contributed by atoms with Crippen molar-refractivity contribution in [3.8, 4) is 11.1 Å². The van der Waals surface area contributed by atoms with Crippen LogP contribution in [-0.4, -0.2) is 0 Å². The summed E-state index contributed by atoms with van der Waals surface area (Å²) in [6, 6.07) is 52.0. The molecule has 0 saturated carbocycles. The Labute approximate surface area is 324 Å². The molecule has 0 spiro atoms. The predicted molar refractivity (Wildman–Crippen MR) is 236 cm³/mol. The normalized spacial score (nSPS) is 14.0. The van der Waals surface area contributed by atoms with Crippen LogP contribution in [0.5, 0.6) is 0 Å². The van der Waals surface area contributed by atoms with Gasteiger partial charge < -0.3 is 9.32 Å². The zero-order valence-electron chi connectivity index (χ0n) is 33.1. The zero-order valence-corrected chi connectivity index (χ0v) is 33.1. The summed E-state index contributed by atoms with van der Waals surface area (Å²) < 4.78 is 6.92. The average Bonchev–Trinajstić information content (AvgIpc) is 3.66. The number of anilines is 3. The van der Waals surface area contributed by atoms with E-state index in [2.05, 4.69) is 200 Å². The second-order valence-electron chi connectivity index (χ2n) is 18.2. The van der Waals surface area contributed by atoms with E-state index >= 15 is 0 Å². The summed E-state index contributed by atoms with van der Waals surface area (Å²) in [5.41, 5.74) is 12.9. The number of fused-ring (bicyclic) bond motifs is 12. The van der Waals surface area contributed by atoms with Gasteiger partial charge in [0.15, 0.2) is 0 Å². The summed E-state index contributed by atoms with van der Waals surface area (Å²) in [5, 5.41) is 9.89. The van der Waals surface area contributed by atoms with Crippen molar-refractivity contribution < 1.29 is 4.42 Å². The van der Waals surface area contributed by atoms with E-state index < -0.39 is 0 Å². The minimum absolute atomic E-state index is 0.0242. The fourth-order valence-electron chi connectivity index (χ4n) is 9.50. The highest BCUT2D eigenvalue weighted by molar-refractivity contribution is 6.29. The van der Waals surface area contributed by atoms with Crippen LogP contribution in [-0.2, 0) is 16.2 Å². The molecule has 1 aliphatic carbocycles. The highest BCUT2D eigenvalue weighted by Crippen LogP contribution is 2.53. The molecule has 270 valence electrons. The lowest BCUT2D eigenvalue weighted by atomic mass is 9.78. The van der Waals surface area contributed by atoms with E-state index in [0.717, 1.165) is 33.6 Å². The van der Waals surface area contributed by atoms with Crippen molar-refractivity contribution in [2.45, 2.75) is 71.6 Å². The number of benzene rings is 8. The fourth-order valence-corrected chi connectivity index (χ4v) is 9.50. The van der Waals surface area contributed by atoms with Gasteiger partial charge in [0.2, 0.25) is 0 Å². The minimum atomic E-state index is -0.146. The summed E-state index contributed by atoms with van der Waals surface area (Å²) in [4.78, 5) is 2.53. The maximum atomic E-state index is 6.92. The molecule has 0 bridgehead atoms. The number of nitrogens with zero attached hydrogens (tertiary/aromatic N) is 1. The Hall–Kier alpha value is -5.86. The Morgan fingerprint density at radius 1 is 0.455 bits per heavy atom. The van der Waals surface area contributed by atoms with Crippen LogP contribution in [0.1, 0.15) is 77.6 Å². The molecule has 0 unspecified atom stereocenters. The van der Waals surface area contributed by atoms with Crippen molar-refractivity contribution in [3.63, 3.8) is 0 Å². The van der Waals surface area contributed by atoms with Crippen LogP contribution < -0.4 is 4.90 Å². The van der Waals surface area contributed by atoms with Crippen LogP contribution in [0, 0.1) is 0 Å². The molecule has 0 fully saturated rings. The molecule has 1 heterocycles. The Morgan fingerprint density at radius 2 is 1.02 bits per heavy atom. The van der Waals surface area contributed by atoms with Gasteiger partial charge in [0, 0.05) is 21.9 Å². The van der Waals surface area contributed by atoms with E-state index in [1.807, 2.05) is 0 Å². The Morgan fingerprint density at radius 3 is 1.69 bits per heavy atom. The first-order chi connectivity index (χ1) is 26.3. The predicted octanol–water partition coefficient (Wildman–Crippen LogP) is 15.4. The van der Waals surface area contributed by atoms with Crippen LogP contribution >= 0.6 is 0 Å². The summed E-state index contributed by atoms with van der Waals surface area (Å²) in [5.74, 6) is 0. The van der Waals surface area contributed by atoms with Crippen molar-refractivity contribution in [2.75, 3.05) is 4.90 Å². The third-order valence-corrected chi connectivity index (χ3v) is 12.3. The maximum Gasteiger partial charge on any atom is 0.137 e. The summed E-state index contributed by atoms with van der Waals surface area (Å²) >= 11 is 0. The Balaban J connectivity index is 1.36. The molecule has 0 atom stereocenters. The van der Waals surface area contributed by atoms with Crippen molar-refractivity contribution in [3.05, 3.63) is 162 Å². The van der Waals surface area contributed by atoms with Crippen LogP contribution in [0.25, 0.3) is 65.4 Å². The van der Waals surface area contributed by atoms with Crippen molar-refractivity contribution in [2.24, 2.45) is 0 Å². The average molecular weight is 714 g/mol. The van der Waals surface area contributed by atoms with Gasteiger partial charge in [-0.1, -0.05) is 159 Å². The first kappa shape index (κ1) is 33.7. The largest absolute Gasteiger partial charge is 0.456 e. The van der Waals surface area contributed by atoms with E-state index in [-0.39, 0.29) is 16.2 Å². The third kappa shape index (κ3) is 4.93. The molecule has 0 amide bonds. The molecule has 0 N–H and O–H groups in total. The third-order valence-electron chi connectivity index (χ3n) is 12.3. The topological polar surface area (TPSA) is 16.4 Å². The number of hydrogen-bond donors (Lipinski definition) is 0. The maximum absolute atomic E-state index is 6.92. The number of hydrogen-bond acceptors (Lipinski definition) is 2. The summed E-state index contributed by atoms with van der Waals surface area (Å²) in [7, 11) is 0. The Kier molecular flexibility index (Phi) is 7.09. The van der Waals surface area contributed by atoms with Crippen molar-refractivity contribution in [1.82, 2.24) is 0 Å². The second kappa shape index (κ2) is 11.6. The van der Waals surface area contributed by atoms with Crippen molar-refractivity contribution >= 4 is 71.3 Å². The van der Waals surface area contributed by atoms with E-state index in [4.69, 9.17) is 4.42 Å². The quantitative estimate of drug-likeness (QED) is 0.170. The van der Waals surface area contributed by atoms with Crippen LogP contribution in [0.4, 0.5) is 17.1 Å². The zero-order chi connectivity index (χ0) is 38.0. The Bertz CT molecular complexity index is 2990. The molecule has 2 heteroatoms. The molecular weight excluding hydrogens is 667 g/mol. The molecule has 9 aromatic rings. The fraction of sp³-hybridized carbons (Fsp3) is 0.208. The van der Waals surface area contributed by atoms with Crippen molar-refractivity contribution in [1.29, 1.82) is 0 Å². The molecule has 0 saturated heterocycles. The molecule has 0 radical (unpaired) electrons. The smallest absolute Gasteiger partial charge is 0.137 e. The molecule has 1 aliphatic rings. The lowest BCUT2D eigenvalue weighted by Gasteiger charge is -2.30. The van der Waals surface area contributed by atoms with E-state index in [0.29, 0.717) is 0 Å². The van der Waals surface area contributed by atoms with Gasteiger partial charge in [-0.25, -0.2) is 0 Å². The van der Waals surface area contributed by atoms with E-state index in [9.17, 15) is 0 Å². The standard InChI is InChI=1S/C53H47NO/c1-51(2,3)32-29-43(52(4,5)6)49-47(30-32)55-46-26-16-25-45(50(46)49)54(33-27-28-38-37-20-13-14-23-41(37)53(7,8)42(38)31-33)44-24-15-22-40-36-18-10-9-17-34(36)35-19-11-12-21-39(35)48(40)44/h9-31H,1-8H3. The lowest BCUT2D eigenvalue weighted by Crippen LogP contribution is -2.17. The molecule has 2 nitrogen and oxygen atoms in total. The van der Waals surface area contributed by atoms with Gasteiger partial charge in [0.25, 0.3) is 0 Å². The highest BCUT2D eigenvalue weighted by atomic mass is 16.3. The first-order valence-electron chi connectivity index (χ1n) is 19.7. The molecule has 55 heavy (non-hydrogen) atoms. The monoisotopic (exact) mass is 713 g/mol. The van der Waals surface area contributed by atoms with Crippen LogP contribution in [0.15, 0.2) is 144 Å². The SMILES string of the molecule is CC(C)(C)c1cc(C(C)(C)C)c2c(c1)oc1cccc(N(c3ccc4c(c3)C(C)(C)c3ccccc3-4)c3cccc4c5ccccc5c5ccccc5c34)c12. The van der Waals surface area contributed by atoms with Gasteiger partial charge >= 0.3 is 0 Å². The summed E-state index contributed by atoms with van der Waals surface area (Å²) in [6.45, 7) is 18.6. The minimum Gasteiger partial charge on any atom is -0.456 e. The van der Waals surface area contributed by atoms with E-state index in [1.54, 1.807) is 0 Å². The number of furan rings is 1. The highest BCUT2D eigenvalue weighted by Gasteiger charge is 2.36. The van der Waals surface area contributed by atoms with Gasteiger partial charge in [-0.3, -0.25) is 0 Å². The van der Waals surface area contributed by atoms with Gasteiger partial charge in [0.1, 0.15) is 11.2 Å². The molecule has 1 aromatic heterocycles. The van der Waals surface area contributed by atoms with Gasteiger partial charge in [-0.05, 0) is 108 Å². The van der Waals surface area contributed by atoms with Gasteiger partial charge in [-0.15, -0.1) is 0 Å². The van der Waals surface area contributed by atoms with Gasteiger partial charge in [0.05, 0.1) is 16.8 Å². The van der Waals surface area contributed by atoms with E-state index in [1.165, 1.54) is 71.1 Å². The van der Waals surface area contributed by atoms with Gasteiger partial charge in [-0.2, -0.15) is 0 Å². The van der Waals surface area contributed by atoms with Crippen LogP contribution in [0.2, 0.25) is 0 Å².